The van der Waals surface area contributed by atoms with Gasteiger partial charge >= 0.3 is 0 Å². The van der Waals surface area contributed by atoms with E-state index in [2.05, 4.69) is 10.3 Å². The molecule has 0 spiro atoms. The third kappa shape index (κ3) is 5.56. The quantitative estimate of drug-likeness (QED) is 0.752. The summed E-state index contributed by atoms with van der Waals surface area (Å²) in [6.07, 6.45) is 0.642. The van der Waals surface area contributed by atoms with Crippen molar-refractivity contribution in [2.45, 2.75) is 39.2 Å². The summed E-state index contributed by atoms with van der Waals surface area (Å²) in [6.45, 7) is 5.90. The number of thiazole rings is 1. The minimum absolute atomic E-state index is 0.0361. The summed E-state index contributed by atoms with van der Waals surface area (Å²) in [7, 11) is -1.42. The fourth-order valence-electron chi connectivity index (χ4n) is 1.70. The molecule has 0 radical (unpaired) electrons. The first kappa shape index (κ1) is 16.6. The fourth-order valence-corrected chi connectivity index (χ4v) is 4.51. The maximum Gasteiger partial charge on any atom is 0.156 e. The van der Waals surface area contributed by atoms with E-state index in [9.17, 15) is 8.42 Å². The number of sulfone groups is 1. The van der Waals surface area contributed by atoms with E-state index in [1.807, 2.05) is 13.8 Å². The number of rotatable bonds is 9. The molecule has 1 N–H and O–H groups in total. The van der Waals surface area contributed by atoms with Gasteiger partial charge in [-0.3, -0.25) is 0 Å². The van der Waals surface area contributed by atoms with Crippen LogP contribution < -0.4 is 5.32 Å². The van der Waals surface area contributed by atoms with E-state index in [1.165, 1.54) is 11.3 Å². The number of methoxy groups -OCH3 is 1. The highest BCUT2D eigenvalue weighted by Gasteiger charge is 2.17. The molecule has 0 fully saturated rings. The van der Waals surface area contributed by atoms with Gasteiger partial charge in [0.2, 0.25) is 0 Å². The Morgan fingerprint density at radius 1 is 1.37 bits per heavy atom. The Bertz CT molecular complexity index is 483. The Hall–Kier alpha value is -0.500. The summed E-state index contributed by atoms with van der Waals surface area (Å²) >= 11 is 1.46. The highest BCUT2D eigenvalue weighted by molar-refractivity contribution is 7.90. The van der Waals surface area contributed by atoms with Crippen molar-refractivity contribution in [2.75, 3.05) is 19.4 Å². The Morgan fingerprint density at radius 2 is 2.11 bits per heavy atom. The number of ether oxygens (including phenoxy) is 1. The van der Waals surface area contributed by atoms with Crippen LogP contribution in [0.3, 0.4) is 0 Å². The molecule has 0 saturated heterocycles. The predicted octanol–water partition coefficient (Wildman–Crippen LogP) is 1.72. The van der Waals surface area contributed by atoms with Gasteiger partial charge in [-0.1, -0.05) is 13.8 Å². The first-order valence-corrected chi connectivity index (χ1v) is 9.03. The van der Waals surface area contributed by atoms with Crippen molar-refractivity contribution in [3.05, 3.63) is 15.6 Å². The van der Waals surface area contributed by atoms with Crippen LogP contribution in [-0.4, -0.2) is 32.8 Å². The maximum absolute atomic E-state index is 11.8. The lowest BCUT2D eigenvalue weighted by Gasteiger charge is -2.00. The van der Waals surface area contributed by atoms with Gasteiger partial charge in [0.1, 0.15) is 10.8 Å². The van der Waals surface area contributed by atoms with Gasteiger partial charge in [-0.2, -0.15) is 0 Å². The standard InChI is InChI=1S/C12H22N2O3S2/c1-4-6-19(15,16)9-12-14-10(8-17-3)11(18-12)7-13-5-2/h13H,4-9H2,1-3H3. The van der Waals surface area contributed by atoms with Crippen molar-refractivity contribution < 1.29 is 13.2 Å². The third-order valence-corrected chi connectivity index (χ3v) is 5.52. The van der Waals surface area contributed by atoms with Crippen LogP contribution in [0.1, 0.15) is 35.8 Å². The lowest BCUT2D eigenvalue weighted by atomic mass is 10.3. The van der Waals surface area contributed by atoms with Gasteiger partial charge in [-0.15, -0.1) is 11.3 Å². The van der Waals surface area contributed by atoms with Crippen molar-refractivity contribution in [3.8, 4) is 0 Å². The summed E-state index contributed by atoms with van der Waals surface area (Å²) in [4.78, 5) is 5.46. The lowest BCUT2D eigenvalue weighted by Crippen LogP contribution is -2.12. The molecule has 7 heteroatoms. The molecule has 0 saturated carbocycles. The molecule has 0 aromatic carbocycles. The van der Waals surface area contributed by atoms with Gasteiger partial charge in [0.15, 0.2) is 9.84 Å². The molecule has 1 rings (SSSR count). The molecule has 1 aromatic rings. The Morgan fingerprint density at radius 3 is 2.68 bits per heavy atom. The Labute approximate surface area is 119 Å². The lowest BCUT2D eigenvalue weighted by molar-refractivity contribution is 0.181. The van der Waals surface area contributed by atoms with Gasteiger partial charge in [0, 0.05) is 18.5 Å². The molecule has 0 atom stereocenters. The number of aromatic nitrogens is 1. The Kier molecular flexibility index (Phi) is 6.92. The molecular formula is C12H22N2O3S2. The van der Waals surface area contributed by atoms with Crippen molar-refractivity contribution in [1.82, 2.24) is 10.3 Å². The normalized spacial score (nSPS) is 11.9. The van der Waals surface area contributed by atoms with Crippen molar-refractivity contribution in [3.63, 3.8) is 0 Å². The smallest absolute Gasteiger partial charge is 0.156 e. The van der Waals surface area contributed by atoms with Gasteiger partial charge in [-0.25, -0.2) is 13.4 Å². The molecule has 1 aromatic heterocycles. The third-order valence-electron chi connectivity index (χ3n) is 2.50. The minimum Gasteiger partial charge on any atom is -0.378 e. The summed E-state index contributed by atoms with van der Waals surface area (Å²) in [5, 5.41) is 3.89. The minimum atomic E-state index is -3.04. The highest BCUT2D eigenvalue weighted by Crippen LogP contribution is 2.21. The molecule has 0 unspecified atom stereocenters. The van der Waals surface area contributed by atoms with E-state index >= 15 is 0 Å². The van der Waals surface area contributed by atoms with Gasteiger partial charge in [-0.05, 0) is 13.0 Å². The summed E-state index contributed by atoms with van der Waals surface area (Å²) in [5.74, 6) is 0.253. The van der Waals surface area contributed by atoms with E-state index in [-0.39, 0.29) is 11.5 Å². The maximum atomic E-state index is 11.8. The molecule has 19 heavy (non-hydrogen) atoms. The van der Waals surface area contributed by atoms with Crippen LogP contribution >= 0.6 is 11.3 Å². The molecular weight excluding hydrogens is 284 g/mol. The summed E-state index contributed by atoms with van der Waals surface area (Å²) in [6, 6.07) is 0. The zero-order valence-electron chi connectivity index (χ0n) is 11.7. The molecule has 1 heterocycles. The van der Waals surface area contributed by atoms with Gasteiger partial charge < -0.3 is 10.1 Å². The molecule has 0 bridgehead atoms. The van der Waals surface area contributed by atoms with Crippen LogP contribution in [0.5, 0.6) is 0 Å². The average molecular weight is 306 g/mol. The molecule has 5 nitrogen and oxygen atoms in total. The first-order chi connectivity index (χ1) is 9.02. The topological polar surface area (TPSA) is 68.3 Å². The van der Waals surface area contributed by atoms with Crippen LogP contribution in [0.4, 0.5) is 0 Å². The van der Waals surface area contributed by atoms with Crippen LogP contribution in [0.25, 0.3) is 0 Å². The second-order valence-corrected chi connectivity index (χ2v) is 7.64. The number of nitrogens with zero attached hydrogens (tertiary/aromatic N) is 1. The average Bonchev–Trinajstić information content (AvgIpc) is 2.68. The van der Waals surface area contributed by atoms with Crippen molar-refractivity contribution >= 4 is 21.2 Å². The summed E-state index contributed by atoms with van der Waals surface area (Å²) < 4.78 is 28.7. The van der Waals surface area contributed by atoms with Crippen molar-refractivity contribution in [2.24, 2.45) is 0 Å². The number of hydrogen-bond donors (Lipinski definition) is 1. The molecule has 0 amide bonds. The Balaban J connectivity index is 2.84. The van der Waals surface area contributed by atoms with E-state index in [1.54, 1.807) is 7.11 Å². The first-order valence-electron chi connectivity index (χ1n) is 6.40. The molecule has 110 valence electrons. The zero-order valence-corrected chi connectivity index (χ0v) is 13.4. The highest BCUT2D eigenvalue weighted by atomic mass is 32.2. The fraction of sp³-hybridized carbons (Fsp3) is 0.750. The van der Waals surface area contributed by atoms with Gasteiger partial charge in [0.25, 0.3) is 0 Å². The van der Waals surface area contributed by atoms with Crippen LogP contribution in [-0.2, 0) is 33.5 Å². The van der Waals surface area contributed by atoms with Crippen molar-refractivity contribution in [1.29, 1.82) is 0 Å². The van der Waals surface area contributed by atoms with E-state index in [0.717, 1.165) is 17.1 Å². The molecule has 0 aliphatic heterocycles. The largest absolute Gasteiger partial charge is 0.378 e. The van der Waals surface area contributed by atoms with Gasteiger partial charge in [0.05, 0.1) is 18.1 Å². The van der Waals surface area contributed by atoms with Crippen LogP contribution in [0.2, 0.25) is 0 Å². The summed E-state index contributed by atoms with van der Waals surface area (Å²) in [5.41, 5.74) is 0.843. The number of hydrogen-bond acceptors (Lipinski definition) is 6. The SMILES string of the molecule is CCCS(=O)(=O)Cc1nc(COC)c(CNCC)s1. The molecule has 0 aliphatic rings. The zero-order chi connectivity index (χ0) is 14.3. The van der Waals surface area contributed by atoms with Crippen LogP contribution in [0.15, 0.2) is 0 Å². The second kappa shape index (κ2) is 7.94. The predicted molar refractivity (Wildman–Crippen MR) is 78.0 cm³/mol. The van der Waals surface area contributed by atoms with E-state index < -0.39 is 9.84 Å². The second-order valence-electron chi connectivity index (χ2n) is 4.28. The van der Waals surface area contributed by atoms with Crippen LogP contribution in [0, 0.1) is 0 Å². The van der Waals surface area contributed by atoms with E-state index in [4.69, 9.17) is 4.74 Å². The monoisotopic (exact) mass is 306 g/mol. The van der Waals surface area contributed by atoms with E-state index in [0.29, 0.717) is 24.6 Å². The molecule has 0 aliphatic carbocycles. The number of nitrogens with one attached hydrogen (secondary N) is 1.